The molecule has 1 aromatic rings. The highest BCUT2D eigenvalue weighted by atomic mass is 79.9. The van der Waals surface area contributed by atoms with Crippen LogP contribution in [0.15, 0.2) is 18.2 Å². The first kappa shape index (κ1) is 12.8. The molecule has 0 atom stereocenters. The summed E-state index contributed by atoms with van der Waals surface area (Å²) < 4.78 is 13.2. The molecular formula is C12H12BrClFNO. The molecule has 0 heterocycles. The predicted molar refractivity (Wildman–Crippen MR) is 69.2 cm³/mol. The Morgan fingerprint density at radius 1 is 1.53 bits per heavy atom. The number of nitrogens with one attached hydrogen (secondary N) is 1. The van der Waals surface area contributed by atoms with Gasteiger partial charge in [0.25, 0.3) is 5.91 Å². The van der Waals surface area contributed by atoms with E-state index < -0.39 is 5.82 Å². The van der Waals surface area contributed by atoms with Gasteiger partial charge in [0.15, 0.2) is 0 Å². The van der Waals surface area contributed by atoms with Gasteiger partial charge in [0.2, 0.25) is 0 Å². The molecule has 0 saturated heterocycles. The number of hydrogen-bond donors (Lipinski definition) is 1. The van der Waals surface area contributed by atoms with Crippen molar-refractivity contribution in [1.29, 1.82) is 0 Å². The van der Waals surface area contributed by atoms with Gasteiger partial charge >= 0.3 is 0 Å². The molecule has 0 aromatic heterocycles. The topological polar surface area (TPSA) is 29.1 Å². The van der Waals surface area contributed by atoms with Gasteiger partial charge in [0.1, 0.15) is 5.82 Å². The molecule has 2 nitrogen and oxygen atoms in total. The molecule has 0 spiro atoms. The Bertz CT molecular complexity index is 448. The molecule has 92 valence electrons. The van der Waals surface area contributed by atoms with E-state index in [4.69, 9.17) is 11.6 Å². The lowest BCUT2D eigenvalue weighted by molar-refractivity contribution is 0.0946. The Kier molecular flexibility index (Phi) is 3.73. The molecule has 1 aliphatic carbocycles. The number of rotatable bonds is 4. The molecule has 0 bridgehead atoms. The highest BCUT2D eigenvalue weighted by Crippen LogP contribution is 2.46. The Morgan fingerprint density at radius 3 is 2.82 bits per heavy atom. The number of amides is 1. The molecule has 0 radical (unpaired) electrons. The molecule has 2 rings (SSSR count). The van der Waals surface area contributed by atoms with Crippen LogP contribution in [0, 0.1) is 11.2 Å². The highest BCUT2D eigenvalue weighted by Gasteiger charge is 2.41. The minimum absolute atomic E-state index is 0.117. The first-order valence-electron chi connectivity index (χ1n) is 5.36. The summed E-state index contributed by atoms with van der Waals surface area (Å²) in [4.78, 5) is 11.8. The van der Waals surface area contributed by atoms with Gasteiger partial charge in [0, 0.05) is 11.9 Å². The van der Waals surface area contributed by atoms with Crippen LogP contribution in [-0.4, -0.2) is 17.8 Å². The van der Waals surface area contributed by atoms with Gasteiger partial charge in [-0.05, 0) is 30.4 Å². The molecule has 0 aliphatic heterocycles. The zero-order valence-corrected chi connectivity index (χ0v) is 11.4. The summed E-state index contributed by atoms with van der Waals surface area (Å²) in [5.74, 6) is -0.886. The normalized spacial score (nSPS) is 16.6. The molecule has 17 heavy (non-hydrogen) atoms. The molecule has 5 heteroatoms. The van der Waals surface area contributed by atoms with Crippen LogP contribution in [0.1, 0.15) is 23.2 Å². The Labute approximate surface area is 113 Å². The van der Waals surface area contributed by atoms with Crippen LogP contribution in [0.25, 0.3) is 0 Å². The maximum absolute atomic E-state index is 13.2. The van der Waals surface area contributed by atoms with Gasteiger partial charge < -0.3 is 5.32 Å². The molecule has 0 unspecified atom stereocenters. The number of hydrogen-bond acceptors (Lipinski definition) is 1. The van der Waals surface area contributed by atoms with Crippen LogP contribution in [0.3, 0.4) is 0 Å². The van der Waals surface area contributed by atoms with Crippen molar-refractivity contribution < 1.29 is 9.18 Å². The van der Waals surface area contributed by atoms with E-state index in [1.165, 1.54) is 18.2 Å². The number of halogens is 3. The third kappa shape index (κ3) is 2.80. The molecule has 1 aromatic carbocycles. The highest BCUT2D eigenvalue weighted by molar-refractivity contribution is 9.09. The van der Waals surface area contributed by atoms with E-state index >= 15 is 0 Å². The van der Waals surface area contributed by atoms with Crippen molar-refractivity contribution >= 4 is 33.4 Å². The van der Waals surface area contributed by atoms with Crippen molar-refractivity contribution in [2.24, 2.45) is 5.41 Å². The van der Waals surface area contributed by atoms with Crippen LogP contribution in [0.4, 0.5) is 4.39 Å². The SMILES string of the molecule is O=C(NCC1(CBr)CC1)c1cccc(F)c1Cl. The zero-order chi connectivity index (χ0) is 12.5. The third-order valence-corrected chi connectivity index (χ3v) is 4.63. The van der Waals surface area contributed by atoms with E-state index in [9.17, 15) is 9.18 Å². The Morgan fingerprint density at radius 2 is 2.24 bits per heavy atom. The maximum atomic E-state index is 13.2. The monoisotopic (exact) mass is 319 g/mol. The predicted octanol–water partition coefficient (Wildman–Crippen LogP) is 3.38. The van der Waals surface area contributed by atoms with Crippen molar-refractivity contribution in [2.75, 3.05) is 11.9 Å². The van der Waals surface area contributed by atoms with Gasteiger partial charge in [-0.15, -0.1) is 0 Å². The van der Waals surface area contributed by atoms with Crippen LogP contribution < -0.4 is 5.32 Å². The fraction of sp³-hybridized carbons (Fsp3) is 0.417. The Balaban J connectivity index is 2.02. The summed E-state index contributed by atoms with van der Waals surface area (Å²) in [5.41, 5.74) is 0.382. The third-order valence-electron chi connectivity index (χ3n) is 3.06. The van der Waals surface area contributed by atoms with Gasteiger partial charge in [-0.1, -0.05) is 33.6 Å². The summed E-state index contributed by atoms with van der Waals surface area (Å²) >= 11 is 9.17. The molecule has 1 aliphatic rings. The van der Waals surface area contributed by atoms with Gasteiger partial charge in [-0.2, -0.15) is 0 Å². The van der Waals surface area contributed by atoms with E-state index in [1.807, 2.05) is 0 Å². The summed E-state index contributed by atoms with van der Waals surface area (Å²) in [6, 6.07) is 4.24. The van der Waals surface area contributed by atoms with Crippen molar-refractivity contribution in [3.8, 4) is 0 Å². The minimum Gasteiger partial charge on any atom is -0.351 e. The van der Waals surface area contributed by atoms with Crippen molar-refractivity contribution in [3.05, 3.63) is 34.6 Å². The second kappa shape index (κ2) is 4.94. The molecule has 1 N–H and O–H groups in total. The fourth-order valence-corrected chi connectivity index (χ4v) is 2.55. The minimum atomic E-state index is -0.569. The summed E-state index contributed by atoms with van der Waals surface area (Å²) in [6.45, 7) is 0.601. The average Bonchev–Trinajstić information content (AvgIpc) is 3.10. The molecule has 1 saturated carbocycles. The average molecular weight is 321 g/mol. The lowest BCUT2D eigenvalue weighted by Crippen LogP contribution is -2.31. The lowest BCUT2D eigenvalue weighted by Gasteiger charge is -2.13. The quantitative estimate of drug-likeness (QED) is 0.847. The smallest absolute Gasteiger partial charge is 0.252 e. The van der Waals surface area contributed by atoms with Gasteiger partial charge in [-0.25, -0.2) is 4.39 Å². The summed E-state index contributed by atoms with van der Waals surface area (Å²) in [7, 11) is 0. The van der Waals surface area contributed by atoms with Crippen LogP contribution >= 0.6 is 27.5 Å². The molecule has 1 amide bonds. The summed E-state index contributed by atoms with van der Waals surface area (Å²) in [5, 5.41) is 3.56. The van der Waals surface area contributed by atoms with E-state index in [-0.39, 0.29) is 21.9 Å². The maximum Gasteiger partial charge on any atom is 0.252 e. The zero-order valence-electron chi connectivity index (χ0n) is 9.10. The second-order valence-electron chi connectivity index (χ2n) is 4.42. The fourth-order valence-electron chi connectivity index (χ4n) is 1.58. The van der Waals surface area contributed by atoms with Crippen molar-refractivity contribution in [1.82, 2.24) is 5.32 Å². The largest absolute Gasteiger partial charge is 0.351 e. The van der Waals surface area contributed by atoms with E-state index in [0.29, 0.717) is 6.54 Å². The summed E-state index contributed by atoms with van der Waals surface area (Å²) in [6.07, 6.45) is 2.21. The number of benzene rings is 1. The first-order valence-corrected chi connectivity index (χ1v) is 6.86. The first-order chi connectivity index (χ1) is 8.08. The van der Waals surface area contributed by atoms with Crippen molar-refractivity contribution in [3.63, 3.8) is 0 Å². The van der Waals surface area contributed by atoms with Crippen LogP contribution in [0.2, 0.25) is 5.02 Å². The van der Waals surface area contributed by atoms with E-state index in [0.717, 1.165) is 18.2 Å². The second-order valence-corrected chi connectivity index (χ2v) is 5.36. The number of carbonyl (C=O) groups is 1. The number of carbonyl (C=O) groups excluding carboxylic acids is 1. The molecular weight excluding hydrogens is 308 g/mol. The van der Waals surface area contributed by atoms with Crippen LogP contribution in [0.5, 0.6) is 0 Å². The van der Waals surface area contributed by atoms with Crippen LogP contribution in [-0.2, 0) is 0 Å². The van der Waals surface area contributed by atoms with Gasteiger partial charge in [-0.3, -0.25) is 4.79 Å². The van der Waals surface area contributed by atoms with E-state index in [2.05, 4.69) is 21.2 Å². The number of alkyl halides is 1. The lowest BCUT2D eigenvalue weighted by atomic mass is 10.1. The van der Waals surface area contributed by atoms with E-state index in [1.54, 1.807) is 0 Å². The Hall–Kier alpha value is -0.610. The molecule has 1 fully saturated rings. The standard InChI is InChI=1S/C12H12BrClFNO/c13-6-12(4-5-12)7-16-11(17)8-2-1-3-9(15)10(8)14/h1-3H,4-7H2,(H,16,17). The van der Waals surface area contributed by atoms with Crippen molar-refractivity contribution in [2.45, 2.75) is 12.8 Å². The van der Waals surface area contributed by atoms with Gasteiger partial charge in [0.05, 0.1) is 10.6 Å².